The van der Waals surface area contributed by atoms with E-state index in [-0.39, 0.29) is 85.5 Å². The smallest absolute Gasteiger partial charge is 0.401 e. The normalized spacial score (nSPS) is 21.4. The zero-order valence-corrected chi connectivity index (χ0v) is 85.2. The Balaban J connectivity index is 0.000000133. The summed E-state index contributed by atoms with van der Waals surface area (Å²) in [5.74, 6) is -3.24. The monoisotopic (exact) mass is 2040 g/mol. The summed E-state index contributed by atoms with van der Waals surface area (Å²) in [6.07, 6.45) is -1.89. The van der Waals surface area contributed by atoms with Crippen LogP contribution >= 0.6 is 0 Å². The van der Waals surface area contributed by atoms with Crippen molar-refractivity contribution < 1.29 is 94.3 Å². The molecule has 8 atom stereocenters. The van der Waals surface area contributed by atoms with Gasteiger partial charge in [0.15, 0.2) is 6.29 Å². The number of hydrogen-bond acceptors (Lipinski definition) is 14. The number of benzene rings is 8. The summed E-state index contributed by atoms with van der Waals surface area (Å²) in [7, 11) is 3.21. The molecule has 4 N–H and O–H groups in total. The van der Waals surface area contributed by atoms with Gasteiger partial charge in [-0.05, 0) is 158 Å². The third-order valence-electron chi connectivity index (χ3n) is 30.2. The maximum atomic E-state index is 15.8. The van der Waals surface area contributed by atoms with E-state index in [1.807, 2.05) is 109 Å². The molecule has 8 aliphatic rings. The second-order valence-corrected chi connectivity index (χ2v) is 42.3. The summed E-state index contributed by atoms with van der Waals surface area (Å²) in [6.45, 7) is 28.6. The highest BCUT2D eigenvalue weighted by molar-refractivity contribution is 5.88. The van der Waals surface area contributed by atoms with E-state index < -0.39 is 119 Å². The molecular weight excluding hydrogens is 1910 g/mol. The van der Waals surface area contributed by atoms with Crippen molar-refractivity contribution >= 4 is 43.6 Å². The van der Waals surface area contributed by atoms with E-state index in [0.717, 1.165) is 178 Å². The van der Waals surface area contributed by atoms with E-state index in [4.69, 9.17) is 28.4 Å². The van der Waals surface area contributed by atoms with Crippen molar-refractivity contribution in [2.45, 2.75) is 224 Å². The highest BCUT2D eigenvalue weighted by Gasteiger charge is 2.49. The minimum absolute atomic E-state index is 0.0319. The van der Waals surface area contributed by atoms with Crippen LogP contribution in [0.25, 0.3) is 43.6 Å². The molecule has 0 aliphatic carbocycles. The van der Waals surface area contributed by atoms with Gasteiger partial charge in [-0.3, -0.25) is 39.2 Å². The Labute approximate surface area is 843 Å². The first-order valence-electron chi connectivity index (χ1n) is 51.3. The number of para-hydroxylation sites is 4. The quantitative estimate of drug-likeness (QED) is 0.0234. The Hall–Kier alpha value is -10.3. The van der Waals surface area contributed by atoms with E-state index in [9.17, 15) is 35.1 Å². The molecular formula is C113H135F15N12O6. The first-order chi connectivity index (χ1) is 69.6. The Kier molecular flexibility index (Phi) is 32.8. The van der Waals surface area contributed by atoms with Crippen LogP contribution in [0, 0.1) is 52.6 Å². The SMILES string of the molecule is CCC1CN(CCOc2cc(F)c([C@@H]3c4[nH]c5ccccc5c4C[C@@H](C)N3CC(F)(F)F)c(F)c2)C1.CCC1CN(CCOc2cc(F)c([C@H]3c4[nH]c5ccccc5c4C[C@@H](C)N3CC(F)(F)F)c(F)c2)C1.CCCCN1CC(Oc2ccc([C@@H]3c4[nH]c5ccccc5c4C[C@@H](C)N3CC(C)(C)F)c(F)c2)C1.COC(CCN1CC(Oc2cc(F)c([C@@H]3c4[nH]c5ccccc5c4C[C@@H](C)N3CC(C)(C)F)c(F)c2)C1)OC. The van der Waals surface area contributed by atoms with Gasteiger partial charge in [0.05, 0.1) is 37.3 Å². The molecule has 4 fully saturated rings. The second kappa shape index (κ2) is 44.8. The molecule has 0 radical (unpaired) electrons. The fourth-order valence-electron chi connectivity index (χ4n) is 22.8. The van der Waals surface area contributed by atoms with Crippen molar-refractivity contribution in [1.82, 2.24) is 59.1 Å². The van der Waals surface area contributed by atoms with E-state index in [0.29, 0.717) is 85.7 Å². The molecule has 12 aromatic rings. The van der Waals surface area contributed by atoms with Crippen LogP contribution in [0.5, 0.6) is 23.0 Å². The van der Waals surface area contributed by atoms with Crippen molar-refractivity contribution in [2.24, 2.45) is 11.8 Å². The van der Waals surface area contributed by atoms with Crippen LogP contribution < -0.4 is 18.9 Å². The minimum Gasteiger partial charge on any atom is -0.492 e. The number of aromatic amines is 4. The molecule has 20 rings (SSSR count). The van der Waals surface area contributed by atoms with Gasteiger partial charge in [0.2, 0.25) is 0 Å². The lowest BCUT2D eigenvalue weighted by molar-refractivity contribution is -0.156. The number of methoxy groups -OCH3 is 2. The standard InChI is InChI=1S/C30H38F3N3O3.C29H37F2N3O.2C27H30F5N3O/c1-18-12-22-21-8-6-7-9-25(21)34-28(22)29(36(18)17-30(2,3)33)27-23(31)13-19(14-24(27)32)39-20-15-35(16-20)11-10-26(37-4)38-5;1-5-6-13-33-16-21(17-33)35-20-11-12-23(25(30)15-20)28-27-24(22-9-7-8-10-26(22)32-27)14-19(2)34(28)18-29(3,4)31;2*1-3-17-13-34(14-17)8-9-36-18-11-21(28)24(22(29)12-18)26-25-20(19-6-4-5-7-23(19)33-25)10-16(2)35(26)15-27(30,31)32/h6-9,13-14,18,20,26,29,34H,10-12,15-17H2,1-5H3;7-12,15,19,21,28,32H,5-6,13-14,16-18H2,1-4H3;2*4-7,11-12,16-17,26,33H,3,8-10,13-15H2,1-2H3/t18-,29-;19-,28-;16-,26+;16-,26-/m1111/s1. The molecule has 0 spiro atoms. The number of unbranched alkanes of at least 4 members (excludes halogenated alkanes) is 1. The number of fused-ring (bicyclic) bond motifs is 12. The number of halogens is 15. The number of rotatable bonds is 32. The zero-order chi connectivity index (χ0) is 104. The fraction of sp³-hybridized carbons (Fsp3) is 0.504. The largest absolute Gasteiger partial charge is 0.492 e. The summed E-state index contributed by atoms with van der Waals surface area (Å²) in [5, 5.41) is 3.90. The average molecular weight is 2040 g/mol. The number of aromatic nitrogens is 4. The molecule has 8 aromatic carbocycles. The Morgan fingerprint density at radius 1 is 0.349 bits per heavy atom. The van der Waals surface area contributed by atoms with Crippen molar-refractivity contribution in [3.63, 3.8) is 0 Å². The fourth-order valence-corrected chi connectivity index (χ4v) is 22.8. The summed E-state index contributed by atoms with van der Waals surface area (Å²) < 4.78 is 254. The number of ether oxygens (including phenoxy) is 6. The zero-order valence-electron chi connectivity index (χ0n) is 85.2. The van der Waals surface area contributed by atoms with Crippen LogP contribution in [0.1, 0.15) is 200 Å². The summed E-state index contributed by atoms with van der Waals surface area (Å²) in [4.78, 5) is 28.5. The summed E-state index contributed by atoms with van der Waals surface area (Å²) in [5.41, 5.74) is 6.38. The highest BCUT2D eigenvalue weighted by atomic mass is 19.4. The molecule has 18 nitrogen and oxygen atoms in total. The van der Waals surface area contributed by atoms with Gasteiger partial charge in [-0.2, -0.15) is 26.3 Å². The Morgan fingerprint density at radius 2 is 0.651 bits per heavy atom. The third-order valence-corrected chi connectivity index (χ3v) is 30.2. The molecule has 12 heterocycles. The van der Waals surface area contributed by atoms with Crippen LogP contribution in [-0.4, -0.2) is 258 Å². The number of nitrogens with zero attached hydrogens (tertiary/aromatic N) is 8. The lowest BCUT2D eigenvalue weighted by Crippen LogP contribution is -2.54. The van der Waals surface area contributed by atoms with Crippen LogP contribution in [-0.2, 0) is 35.2 Å². The van der Waals surface area contributed by atoms with Gasteiger partial charge >= 0.3 is 12.4 Å². The lowest BCUT2D eigenvalue weighted by atomic mass is 9.87. The highest BCUT2D eigenvalue weighted by Crippen LogP contribution is 2.51. The molecule has 0 unspecified atom stereocenters. The van der Waals surface area contributed by atoms with E-state index >= 15 is 30.7 Å². The Morgan fingerprint density at radius 3 is 0.973 bits per heavy atom. The molecule has 4 saturated heterocycles. The lowest BCUT2D eigenvalue weighted by Gasteiger charge is -2.43. The molecule has 0 amide bonds. The molecule has 0 bridgehead atoms. The van der Waals surface area contributed by atoms with Crippen molar-refractivity contribution in [3.8, 4) is 23.0 Å². The van der Waals surface area contributed by atoms with Crippen LogP contribution in [0.15, 0.2) is 152 Å². The van der Waals surface area contributed by atoms with Crippen molar-refractivity contribution in [3.05, 3.63) is 260 Å². The van der Waals surface area contributed by atoms with Gasteiger partial charge in [0, 0.05) is 261 Å². The predicted molar refractivity (Wildman–Crippen MR) is 538 cm³/mol. The van der Waals surface area contributed by atoms with E-state index in [1.54, 1.807) is 41.9 Å². The topological polar surface area (TPSA) is 144 Å². The number of alkyl halides is 8. The number of nitrogens with one attached hydrogen (secondary N) is 4. The predicted octanol–water partition coefficient (Wildman–Crippen LogP) is 24.0. The van der Waals surface area contributed by atoms with Gasteiger partial charge < -0.3 is 48.4 Å². The molecule has 4 aromatic heterocycles. The Bertz CT molecular complexity index is 6220. The van der Waals surface area contributed by atoms with Gasteiger partial charge in [0.1, 0.15) is 100 Å². The van der Waals surface area contributed by atoms with E-state index in [2.05, 4.69) is 84.3 Å². The summed E-state index contributed by atoms with van der Waals surface area (Å²) in [6, 6.07) is 37.8. The minimum atomic E-state index is -4.53. The third kappa shape index (κ3) is 24.2. The van der Waals surface area contributed by atoms with Crippen molar-refractivity contribution in [2.75, 3.05) is 132 Å². The molecule has 146 heavy (non-hydrogen) atoms. The molecule has 0 saturated carbocycles. The number of H-pyrrole nitrogens is 4. The average Bonchev–Trinajstić information content (AvgIpc) is 1.59. The summed E-state index contributed by atoms with van der Waals surface area (Å²) >= 11 is 0. The van der Waals surface area contributed by atoms with Gasteiger partial charge in [0.25, 0.3) is 0 Å². The molecule has 33 heteroatoms. The molecule has 8 aliphatic heterocycles. The van der Waals surface area contributed by atoms with Gasteiger partial charge in [-0.25, -0.2) is 39.5 Å². The second-order valence-electron chi connectivity index (χ2n) is 42.3. The first kappa shape index (κ1) is 107. The molecule has 788 valence electrons. The van der Waals surface area contributed by atoms with E-state index in [1.165, 1.54) is 50.5 Å². The number of likely N-dealkylation sites (tertiary alicyclic amines) is 4. The maximum absolute atomic E-state index is 15.8. The van der Waals surface area contributed by atoms with Crippen LogP contribution in [0.2, 0.25) is 0 Å². The van der Waals surface area contributed by atoms with Crippen LogP contribution in [0.3, 0.4) is 0 Å². The first-order valence-corrected chi connectivity index (χ1v) is 51.3. The van der Waals surface area contributed by atoms with Crippen molar-refractivity contribution in [1.29, 1.82) is 0 Å². The van der Waals surface area contributed by atoms with Crippen LogP contribution in [0.4, 0.5) is 65.9 Å². The maximum Gasteiger partial charge on any atom is 0.401 e. The van der Waals surface area contributed by atoms with Gasteiger partial charge in [-0.15, -0.1) is 0 Å². The van der Waals surface area contributed by atoms with Gasteiger partial charge in [-0.1, -0.05) is 119 Å². The number of hydrogen-bond donors (Lipinski definition) is 4.